The monoisotopic (exact) mass is 224 g/mol. The number of fused-ring (bicyclic) bond motifs is 1. The Kier molecular flexibility index (Phi) is 2.58. The van der Waals surface area contributed by atoms with Crippen molar-refractivity contribution in [3.05, 3.63) is 23.5 Å². The van der Waals surface area contributed by atoms with Crippen molar-refractivity contribution in [3.63, 3.8) is 0 Å². The van der Waals surface area contributed by atoms with Crippen LogP contribution in [0.15, 0.2) is 17.8 Å². The molecule has 2 rings (SSSR count). The molecule has 0 bridgehead atoms. The Hall–Kier alpha value is -1.20. The largest absolute Gasteiger partial charge is 0.389 e. The molecule has 0 saturated heterocycles. The number of nitrogens with zero attached hydrogens (tertiary/aromatic N) is 2. The molecule has 0 amide bonds. The Morgan fingerprint density at radius 1 is 1.73 bits per heavy atom. The molecule has 0 aromatic carbocycles. The smallest absolute Gasteiger partial charge is 0.193 e. The van der Waals surface area contributed by atoms with Crippen LogP contribution in [0.4, 0.5) is 0 Å². The molecule has 0 saturated carbocycles. The zero-order valence-electron chi connectivity index (χ0n) is 8.38. The lowest BCUT2D eigenvalue weighted by molar-refractivity contribution is -0.111. The second-order valence-electron chi connectivity index (χ2n) is 3.87. The standard InChI is InChI=1S/C10H12N2O2S/c1-10(14,2-4-13)6-8-7-12-3-5-15-9(12)11-8/h3-5,7,14H,2,6H2,1H3. The average molecular weight is 224 g/mol. The van der Waals surface area contributed by atoms with Gasteiger partial charge in [0.05, 0.1) is 11.3 Å². The van der Waals surface area contributed by atoms with Crippen molar-refractivity contribution in [2.24, 2.45) is 0 Å². The van der Waals surface area contributed by atoms with Crippen molar-refractivity contribution in [1.82, 2.24) is 9.38 Å². The predicted octanol–water partition coefficient (Wildman–Crippen LogP) is 1.28. The van der Waals surface area contributed by atoms with Crippen LogP contribution >= 0.6 is 11.3 Å². The minimum absolute atomic E-state index is 0.137. The van der Waals surface area contributed by atoms with Gasteiger partial charge in [-0.25, -0.2) is 4.98 Å². The van der Waals surface area contributed by atoms with E-state index in [0.29, 0.717) is 6.42 Å². The summed E-state index contributed by atoms with van der Waals surface area (Å²) in [6, 6.07) is 0. The first kappa shape index (κ1) is 10.3. The van der Waals surface area contributed by atoms with Crippen LogP contribution < -0.4 is 0 Å². The van der Waals surface area contributed by atoms with Gasteiger partial charge in [-0.2, -0.15) is 0 Å². The number of hydrogen-bond donors (Lipinski definition) is 1. The Morgan fingerprint density at radius 2 is 2.53 bits per heavy atom. The minimum atomic E-state index is -0.994. The van der Waals surface area contributed by atoms with E-state index in [1.54, 1.807) is 18.3 Å². The molecule has 0 aliphatic heterocycles. The summed E-state index contributed by atoms with van der Waals surface area (Å²) in [5, 5.41) is 11.8. The van der Waals surface area contributed by atoms with Crippen LogP contribution in [0.3, 0.4) is 0 Å². The fourth-order valence-corrected chi connectivity index (χ4v) is 2.22. The second-order valence-corrected chi connectivity index (χ2v) is 4.74. The highest BCUT2D eigenvalue weighted by Crippen LogP contribution is 2.18. The van der Waals surface area contributed by atoms with Gasteiger partial charge in [0.15, 0.2) is 4.96 Å². The molecule has 2 heterocycles. The van der Waals surface area contributed by atoms with E-state index < -0.39 is 5.60 Å². The maximum atomic E-state index is 10.3. The number of carbonyl (C=O) groups excluding carboxylic acids is 1. The molecule has 0 aliphatic carbocycles. The summed E-state index contributed by atoms with van der Waals surface area (Å²) < 4.78 is 1.91. The molecule has 80 valence electrons. The maximum Gasteiger partial charge on any atom is 0.193 e. The van der Waals surface area contributed by atoms with Gasteiger partial charge in [-0.15, -0.1) is 11.3 Å². The first-order chi connectivity index (χ1) is 7.11. The summed E-state index contributed by atoms with van der Waals surface area (Å²) in [5.41, 5.74) is -0.181. The fourth-order valence-electron chi connectivity index (χ4n) is 1.50. The fraction of sp³-hybridized carbons (Fsp3) is 0.400. The van der Waals surface area contributed by atoms with Gasteiger partial charge in [0.2, 0.25) is 0 Å². The Bertz CT molecular complexity index is 444. The lowest BCUT2D eigenvalue weighted by Gasteiger charge is -2.18. The van der Waals surface area contributed by atoms with E-state index in [2.05, 4.69) is 4.98 Å². The van der Waals surface area contributed by atoms with E-state index in [1.165, 1.54) is 0 Å². The second kappa shape index (κ2) is 3.75. The summed E-state index contributed by atoms with van der Waals surface area (Å²) in [6.07, 6.45) is 5.08. The van der Waals surface area contributed by atoms with Gasteiger partial charge in [0.1, 0.15) is 6.29 Å². The van der Waals surface area contributed by atoms with Crippen LogP contribution in [0, 0.1) is 0 Å². The molecule has 0 fully saturated rings. The number of imidazole rings is 1. The molecule has 0 radical (unpaired) electrons. The van der Waals surface area contributed by atoms with Gasteiger partial charge in [-0.05, 0) is 6.92 Å². The first-order valence-corrected chi connectivity index (χ1v) is 5.56. The molecule has 1 unspecified atom stereocenters. The average Bonchev–Trinajstić information content (AvgIpc) is 2.61. The number of aliphatic hydroxyl groups is 1. The highest BCUT2D eigenvalue weighted by Gasteiger charge is 2.21. The van der Waals surface area contributed by atoms with Crippen molar-refractivity contribution < 1.29 is 9.90 Å². The van der Waals surface area contributed by atoms with Gasteiger partial charge in [0.25, 0.3) is 0 Å². The summed E-state index contributed by atoms with van der Waals surface area (Å²) in [5.74, 6) is 0. The number of hydrogen-bond acceptors (Lipinski definition) is 4. The van der Waals surface area contributed by atoms with Crippen molar-refractivity contribution >= 4 is 22.6 Å². The van der Waals surface area contributed by atoms with Crippen LogP contribution in [0.25, 0.3) is 4.96 Å². The Morgan fingerprint density at radius 3 is 3.20 bits per heavy atom. The first-order valence-electron chi connectivity index (χ1n) is 4.68. The van der Waals surface area contributed by atoms with Gasteiger partial charge in [-0.1, -0.05) is 0 Å². The molecule has 1 N–H and O–H groups in total. The highest BCUT2D eigenvalue weighted by atomic mass is 32.1. The summed E-state index contributed by atoms with van der Waals surface area (Å²) in [7, 11) is 0. The van der Waals surface area contributed by atoms with Crippen LogP contribution in [-0.2, 0) is 11.2 Å². The van der Waals surface area contributed by atoms with Gasteiger partial charge >= 0.3 is 0 Å². The number of thiazole rings is 1. The normalized spacial score (nSPS) is 15.3. The van der Waals surface area contributed by atoms with Crippen LogP contribution in [0.2, 0.25) is 0 Å². The summed E-state index contributed by atoms with van der Waals surface area (Å²) in [6.45, 7) is 1.65. The zero-order valence-corrected chi connectivity index (χ0v) is 9.20. The quantitative estimate of drug-likeness (QED) is 0.796. The number of rotatable bonds is 4. The number of aldehydes is 1. The minimum Gasteiger partial charge on any atom is -0.389 e. The molecule has 15 heavy (non-hydrogen) atoms. The van der Waals surface area contributed by atoms with Crippen molar-refractivity contribution in [1.29, 1.82) is 0 Å². The van der Waals surface area contributed by atoms with Gasteiger partial charge in [-0.3, -0.25) is 4.40 Å². The molecule has 2 aromatic rings. The van der Waals surface area contributed by atoms with E-state index in [4.69, 9.17) is 0 Å². The van der Waals surface area contributed by atoms with Crippen molar-refractivity contribution in [2.75, 3.05) is 0 Å². The SMILES string of the molecule is CC(O)(CC=O)Cc1cn2ccsc2n1. The third-order valence-corrected chi connectivity index (χ3v) is 3.00. The van der Waals surface area contributed by atoms with Gasteiger partial charge in [0, 0.05) is 30.6 Å². The zero-order chi connectivity index (χ0) is 10.9. The lowest BCUT2D eigenvalue weighted by Crippen LogP contribution is -2.27. The third kappa shape index (κ3) is 2.24. The molecule has 0 aliphatic rings. The van der Waals surface area contributed by atoms with E-state index in [-0.39, 0.29) is 6.42 Å². The third-order valence-electron chi connectivity index (χ3n) is 2.23. The molecule has 5 heteroatoms. The van der Waals surface area contributed by atoms with E-state index in [9.17, 15) is 9.90 Å². The number of carbonyl (C=O) groups is 1. The van der Waals surface area contributed by atoms with E-state index in [1.807, 2.05) is 22.2 Å². The predicted molar refractivity (Wildman–Crippen MR) is 58.1 cm³/mol. The Labute approximate surface area is 91.2 Å². The van der Waals surface area contributed by atoms with Crippen LogP contribution in [-0.4, -0.2) is 26.4 Å². The van der Waals surface area contributed by atoms with E-state index in [0.717, 1.165) is 16.9 Å². The molecule has 1 atom stereocenters. The van der Waals surface area contributed by atoms with Crippen LogP contribution in [0.1, 0.15) is 19.0 Å². The number of aromatic nitrogens is 2. The van der Waals surface area contributed by atoms with Crippen molar-refractivity contribution in [3.8, 4) is 0 Å². The topological polar surface area (TPSA) is 54.6 Å². The molecular formula is C10H12N2O2S. The summed E-state index contributed by atoms with van der Waals surface area (Å²) in [4.78, 5) is 15.6. The van der Waals surface area contributed by atoms with Gasteiger partial charge < -0.3 is 9.90 Å². The summed E-state index contributed by atoms with van der Waals surface area (Å²) >= 11 is 1.55. The Balaban J connectivity index is 2.18. The molecule has 0 spiro atoms. The van der Waals surface area contributed by atoms with E-state index >= 15 is 0 Å². The molecule has 4 nitrogen and oxygen atoms in total. The molecule has 2 aromatic heterocycles. The lowest BCUT2D eigenvalue weighted by atomic mass is 9.97. The van der Waals surface area contributed by atoms with Crippen LogP contribution in [0.5, 0.6) is 0 Å². The molecular weight excluding hydrogens is 212 g/mol. The van der Waals surface area contributed by atoms with Crippen molar-refractivity contribution in [2.45, 2.75) is 25.4 Å². The maximum absolute atomic E-state index is 10.3. The highest BCUT2D eigenvalue weighted by molar-refractivity contribution is 7.15.